The fourth-order valence-corrected chi connectivity index (χ4v) is 4.07. The quantitative estimate of drug-likeness (QED) is 0.368. The number of nitrogens with one attached hydrogen (secondary N) is 1. The van der Waals surface area contributed by atoms with E-state index < -0.39 is 15.9 Å². The van der Waals surface area contributed by atoms with Gasteiger partial charge in [0.15, 0.2) is 11.5 Å². The van der Waals surface area contributed by atoms with Crippen LogP contribution in [0.3, 0.4) is 0 Å². The minimum absolute atomic E-state index is 0.00281. The van der Waals surface area contributed by atoms with Gasteiger partial charge in [0.2, 0.25) is 0 Å². The van der Waals surface area contributed by atoms with Crippen molar-refractivity contribution in [2.45, 2.75) is 6.42 Å². The van der Waals surface area contributed by atoms with E-state index in [-0.39, 0.29) is 12.2 Å². The monoisotopic (exact) mass is 463 g/mol. The summed E-state index contributed by atoms with van der Waals surface area (Å²) in [6.07, 6.45) is 1.85. The van der Waals surface area contributed by atoms with Crippen molar-refractivity contribution in [1.29, 1.82) is 0 Å². The number of nitrogens with zero attached hydrogens (tertiary/aromatic N) is 4. The van der Waals surface area contributed by atoms with E-state index in [1.54, 1.807) is 12.1 Å². The van der Waals surface area contributed by atoms with Crippen LogP contribution in [-0.2, 0) is 16.5 Å². The molecule has 33 heavy (non-hydrogen) atoms. The Hall–Kier alpha value is -3.89. The predicted octanol–water partition coefficient (Wildman–Crippen LogP) is 4.02. The number of benzene rings is 2. The Labute approximate surface area is 188 Å². The van der Waals surface area contributed by atoms with Crippen molar-refractivity contribution in [2.24, 2.45) is 0 Å². The van der Waals surface area contributed by atoms with Crippen molar-refractivity contribution >= 4 is 15.8 Å². The summed E-state index contributed by atoms with van der Waals surface area (Å²) in [5.41, 5.74) is 4.13. The lowest BCUT2D eigenvalue weighted by atomic mass is 10.1. The first-order valence-corrected chi connectivity index (χ1v) is 11.7. The molecule has 3 aromatic heterocycles. The summed E-state index contributed by atoms with van der Waals surface area (Å²) in [5, 5.41) is 8.53. The maximum Gasteiger partial charge on any atom is 0.265 e. The predicted molar refractivity (Wildman–Crippen MR) is 122 cm³/mol. The Morgan fingerprint density at radius 2 is 1.64 bits per heavy atom. The number of hydrogen-bond acceptors (Lipinski definition) is 5. The molecule has 10 heteroatoms. The zero-order valence-corrected chi connectivity index (χ0v) is 18.0. The Kier molecular flexibility index (Phi) is 5.23. The van der Waals surface area contributed by atoms with Crippen LogP contribution in [0.25, 0.3) is 39.5 Å². The Morgan fingerprint density at radius 1 is 0.909 bits per heavy atom. The fourth-order valence-electron chi connectivity index (χ4n) is 3.62. The normalized spacial score (nSPS) is 11.8. The molecule has 8 nitrogen and oxygen atoms in total. The first kappa shape index (κ1) is 21.0. The molecular weight excluding hydrogens is 445 g/mol. The molecule has 0 unspecified atom stereocenters. The van der Waals surface area contributed by atoms with Crippen LogP contribution >= 0.6 is 0 Å². The Balaban J connectivity index is 1.64. The first-order chi connectivity index (χ1) is 15.9. The van der Waals surface area contributed by atoms with E-state index in [1.807, 2.05) is 53.1 Å². The van der Waals surface area contributed by atoms with E-state index in [0.717, 1.165) is 11.1 Å². The fraction of sp³-hybridized carbons (Fsp3) is 0.0870. The van der Waals surface area contributed by atoms with Crippen LogP contribution in [0.5, 0.6) is 0 Å². The molecule has 0 aliphatic carbocycles. The van der Waals surface area contributed by atoms with Gasteiger partial charge < -0.3 is 4.98 Å². The van der Waals surface area contributed by atoms with E-state index in [0.29, 0.717) is 34.2 Å². The van der Waals surface area contributed by atoms with Crippen molar-refractivity contribution < 1.29 is 17.4 Å². The van der Waals surface area contributed by atoms with Crippen LogP contribution in [0.2, 0.25) is 0 Å². The average molecular weight is 463 g/mol. The summed E-state index contributed by atoms with van der Waals surface area (Å²) >= 11 is 0. The minimum Gasteiger partial charge on any atom is -0.341 e. The number of fused-ring (bicyclic) bond motifs is 1. The number of imidazole rings is 1. The van der Waals surface area contributed by atoms with Crippen molar-refractivity contribution in [2.75, 3.05) is 5.75 Å². The molecule has 0 spiro atoms. The third kappa shape index (κ3) is 4.38. The molecular formula is C23H18FN5O3S. The molecule has 2 N–H and O–H groups in total. The molecule has 0 atom stereocenters. The van der Waals surface area contributed by atoms with E-state index in [2.05, 4.69) is 20.2 Å². The second-order valence-corrected chi connectivity index (χ2v) is 9.06. The molecule has 0 saturated heterocycles. The van der Waals surface area contributed by atoms with Gasteiger partial charge in [0.25, 0.3) is 10.1 Å². The van der Waals surface area contributed by atoms with Crippen LogP contribution in [0.1, 0.15) is 5.82 Å². The van der Waals surface area contributed by atoms with Gasteiger partial charge in [-0.3, -0.25) is 8.95 Å². The molecule has 0 fully saturated rings. The largest absolute Gasteiger partial charge is 0.341 e. The molecule has 0 aliphatic heterocycles. The SMILES string of the molecule is O=S(=O)(O)CCc1nc(-c2ccc3nnc(-c4ccccc4)n3c2)c(-c2ccc(F)cc2)[nH]1. The molecule has 0 amide bonds. The number of hydrogen-bond donors (Lipinski definition) is 2. The van der Waals surface area contributed by atoms with Gasteiger partial charge >= 0.3 is 0 Å². The van der Waals surface area contributed by atoms with Crippen LogP contribution in [0, 0.1) is 5.82 Å². The highest BCUT2D eigenvalue weighted by Gasteiger charge is 2.18. The number of H-pyrrole nitrogens is 1. The highest BCUT2D eigenvalue weighted by Crippen LogP contribution is 2.31. The number of halogens is 1. The maximum atomic E-state index is 13.5. The highest BCUT2D eigenvalue weighted by atomic mass is 32.2. The minimum atomic E-state index is -4.15. The lowest BCUT2D eigenvalue weighted by molar-refractivity contribution is 0.482. The lowest BCUT2D eigenvalue weighted by Crippen LogP contribution is -2.07. The zero-order chi connectivity index (χ0) is 23.0. The highest BCUT2D eigenvalue weighted by molar-refractivity contribution is 7.85. The number of aromatic amines is 1. The standard InChI is InChI=1S/C23H18FN5O3S/c24-18-9-6-15(7-10-18)21-22(26-19(25-21)12-13-33(30,31)32)17-8-11-20-27-28-23(29(20)14-17)16-4-2-1-3-5-16/h1-11,14H,12-13H2,(H,25,26)(H,30,31,32). The zero-order valence-electron chi connectivity index (χ0n) is 17.2. The Morgan fingerprint density at radius 3 is 2.36 bits per heavy atom. The second-order valence-electron chi connectivity index (χ2n) is 7.49. The summed E-state index contributed by atoms with van der Waals surface area (Å²) in [6.45, 7) is 0. The molecule has 0 aliphatic rings. The van der Waals surface area contributed by atoms with Gasteiger partial charge in [0.1, 0.15) is 11.6 Å². The summed E-state index contributed by atoms with van der Waals surface area (Å²) in [4.78, 5) is 7.72. The number of pyridine rings is 1. The van der Waals surface area contributed by atoms with Gasteiger partial charge in [-0.1, -0.05) is 30.3 Å². The number of aryl methyl sites for hydroxylation is 1. The van der Waals surface area contributed by atoms with Crippen molar-refractivity contribution in [3.63, 3.8) is 0 Å². The third-order valence-electron chi connectivity index (χ3n) is 5.19. The van der Waals surface area contributed by atoms with Gasteiger partial charge in [-0.15, -0.1) is 10.2 Å². The molecule has 166 valence electrons. The van der Waals surface area contributed by atoms with E-state index in [9.17, 15) is 12.8 Å². The number of rotatable bonds is 6. The second kappa shape index (κ2) is 8.23. The van der Waals surface area contributed by atoms with Crippen LogP contribution < -0.4 is 0 Å². The van der Waals surface area contributed by atoms with E-state index >= 15 is 0 Å². The third-order valence-corrected chi connectivity index (χ3v) is 5.91. The van der Waals surface area contributed by atoms with Gasteiger partial charge in [0.05, 0.1) is 17.1 Å². The molecule has 0 bridgehead atoms. The van der Waals surface area contributed by atoms with Crippen molar-refractivity contribution in [1.82, 2.24) is 24.6 Å². The van der Waals surface area contributed by atoms with Crippen LogP contribution in [0.4, 0.5) is 4.39 Å². The molecule has 5 rings (SSSR count). The molecule has 3 heterocycles. The molecule has 0 radical (unpaired) electrons. The number of aromatic nitrogens is 5. The van der Waals surface area contributed by atoms with E-state index in [4.69, 9.17) is 4.55 Å². The summed E-state index contributed by atoms with van der Waals surface area (Å²) < 4.78 is 46.9. The smallest absolute Gasteiger partial charge is 0.265 e. The summed E-state index contributed by atoms with van der Waals surface area (Å²) in [5.74, 6) is 0.211. The Bertz CT molecular complexity index is 1540. The summed E-state index contributed by atoms with van der Waals surface area (Å²) in [6, 6.07) is 19.2. The lowest BCUT2D eigenvalue weighted by Gasteiger charge is -2.06. The topological polar surface area (TPSA) is 113 Å². The van der Waals surface area contributed by atoms with Gasteiger partial charge in [-0.2, -0.15) is 8.42 Å². The summed E-state index contributed by atoms with van der Waals surface area (Å²) in [7, 11) is -4.15. The van der Waals surface area contributed by atoms with Crippen molar-refractivity contribution in [3.8, 4) is 33.9 Å². The van der Waals surface area contributed by atoms with Crippen LogP contribution in [-0.4, -0.2) is 43.3 Å². The molecule has 2 aromatic carbocycles. The maximum absolute atomic E-state index is 13.5. The first-order valence-electron chi connectivity index (χ1n) is 10.1. The molecule has 5 aromatic rings. The van der Waals surface area contributed by atoms with Crippen LogP contribution in [0.15, 0.2) is 72.9 Å². The van der Waals surface area contributed by atoms with Gasteiger partial charge in [0, 0.05) is 29.3 Å². The van der Waals surface area contributed by atoms with Crippen molar-refractivity contribution in [3.05, 3.63) is 84.6 Å². The molecule has 0 saturated carbocycles. The van der Waals surface area contributed by atoms with Gasteiger partial charge in [-0.05, 0) is 36.4 Å². The van der Waals surface area contributed by atoms with Gasteiger partial charge in [-0.25, -0.2) is 9.37 Å². The average Bonchev–Trinajstić information content (AvgIpc) is 3.42. The van der Waals surface area contributed by atoms with E-state index in [1.165, 1.54) is 12.1 Å².